The van der Waals surface area contributed by atoms with Gasteiger partial charge in [0.05, 0.1) is 5.69 Å². The average Bonchev–Trinajstić information content (AvgIpc) is 2.50. The number of nitrogens with two attached hydrogens (primary N) is 1. The summed E-state index contributed by atoms with van der Waals surface area (Å²) in [6.07, 6.45) is 4.97. The minimum Gasteiger partial charge on any atom is -0.382 e. The van der Waals surface area contributed by atoms with Crippen molar-refractivity contribution in [1.29, 1.82) is 0 Å². The second kappa shape index (κ2) is 6.03. The smallest absolute Gasteiger partial charge is 0.146 e. The quantitative estimate of drug-likeness (QED) is 0.922. The summed E-state index contributed by atoms with van der Waals surface area (Å²) < 4.78 is 0. The second-order valence-electron chi connectivity index (χ2n) is 5.63. The van der Waals surface area contributed by atoms with E-state index in [1.165, 1.54) is 12.8 Å². The van der Waals surface area contributed by atoms with E-state index < -0.39 is 0 Å². The third kappa shape index (κ3) is 3.45. The van der Waals surface area contributed by atoms with Crippen molar-refractivity contribution in [3.8, 4) is 0 Å². The standard InChI is InChI=1S/C15H20N6/c1-11-7-15(18-10-17-11)21-6-2-3-12(9-21)8-13-4-5-14(16)20-19-13/h4-5,7,10,12H,2-3,6,8-9H2,1H3,(H2,16,20)/t12-/m1/s1. The predicted octanol–water partition coefficient (Wildman–Crippen LogP) is 1.62. The van der Waals surface area contributed by atoms with Gasteiger partial charge in [0.2, 0.25) is 0 Å². The Kier molecular flexibility index (Phi) is 3.94. The molecule has 110 valence electrons. The van der Waals surface area contributed by atoms with Crippen molar-refractivity contribution < 1.29 is 0 Å². The van der Waals surface area contributed by atoms with Crippen LogP contribution in [0.25, 0.3) is 0 Å². The van der Waals surface area contributed by atoms with Gasteiger partial charge in [-0.1, -0.05) is 0 Å². The first-order chi connectivity index (χ1) is 10.2. The lowest BCUT2D eigenvalue weighted by molar-refractivity contribution is 0.407. The number of anilines is 2. The monoisotopic (exact) mass is 284 g/mol. The van der Waals surface area contributed by atoms with Crippen LogP contribution in [0.4, 0.5) is 11.6 Å². The molecular formula is C15H20N6. The zero-order valence-electron chi connectivity index (χ0n) is 12.2. The second-order valence-corrected chi connectivity index (χ2v) is 5.63. The van der Waals surface area contributed by atoms with E-state index in [9.17, 15) is 0 Å². The zero-order valence-corrected chi connectivity index (χ0v) is 12.2. The van der Waals surface area contributed by atoms with Crippen LogP contribution < -0.4 is 10.6 Å². The number of aryl methyl sites for hydroxylation is 1. The fourth-order valence-corrected chi connectivity index (χ4v) is 2.83. The molecule has 1 atom stereocenters. The van der Waals surface area contributed by atoms with Gasteiger partial charge in [0, 0.05) is 24.8 Å². The normalized spacial score (nSPS) is 18.7. The van der Waals surface area contributed by atoms with Crippen LogP contribution in [-0.4, -0.2) is 33.3 Å². The highest BCUT2D eigenvalue weighted by atomic mass is 15.2. The highest BCUT2D eigenvalue weighted by molar-refractivity contribution is 5.39. The first-order valence-electron chi connectivity index (χ1n) is 7.32. The average molecular weight is 284 g/mol. The number of nitrogens with zero attached hydrogens (tertiary/aromatic N) is 5. The molecule has 1 aliphatic heterocycles. The van der Waals surface area contributed by atoms with Crippen LogP contribution in [0.5, 0.6) is 0 Å². The van der Waals surface area contributed by atoms with Crippen LogP contribution >= 0.6 is 0 Å². The molecule has 0 bridgehead atoms. The van der Waals surface area contributed by atoms with Crippen molar-refractivity contribution in [2.75, 3.05) is 23.7 Å². The number of nitrogen functional groups attached to an aromatic ring is 1. The number of hydrogen-bond acceptors (Lipinski definition) is 6. The Morgan fingerprint density at radius 1 is 1.29 bits per heavy atom. The van der Waals surface area contributed by atoms with Crippen molar-refractivity contribution in [1.82, 2.24) is 20.2 Å². The highest BCUT2D eigenvalue weighted by Gasteiger charge is 2.21. The fraction of sp³-hybridized carbons (Fsp3) is 0.467. The number of hydrogen-bond donors (Lipinski definition) is 1. The summed E-state index contributed by atoms with van der Waals surface area (Å²) in [4.78, 5) is 10.9. The molecule has 1 fully saturated rings. The van der Waals surface area contributed by atoms with Crippen LogP contribution in [0, 0.1) is 12.8 Å². The minimum absolute atomic E-state index is 0.473. The van der Waals surface area contributed by atoms with Crippen molar-refractivity contribution in [2.24, 2.45) is 5.92 Å². The molecule has 0 amide bonds. The van der Waals surface area contributed by atoms with E-state index in [0.29, 0.717) is 11.7 Å². The third-order valence-electron chi connectivity index (χ3n) is 3.87. The molecule has 2 N–H and O–H groups in total. The summed E-state index contributed by atoms with van der Waals surface area (Å²) in [5.41, 5.74) is 7.59. The fourth-order valence-electron chi connectivity index (χ4n) is 2.83. The van der Waals surface area contributed by atoms with Crippen LogP contribution in [-0.2, 0) is 6.42 Å². The van der Waals surface area contributed by atoms with Crippen molar-refractivity contribution >= 4 is 11.6 Å². The Hall–Kier alpha value is -2.24. The van der Waals surface area contributed by atoms with Gasteiger partial charge in [0.1, 0.15) is 18.0 Å². The van der Waals surface area contributed by atoms with Crippen molar-refractivity contribution in [2.45, 2.75) is 26.2 Å². The van der Waals surface area contributed by atoms with Gasteiger partial charge in [0.25, 0.3) is 0 Å². The molecule has 6 nitrogen and oxygen atoms in total. The highest BCUT2D eigenvalue weighted by Crippen LogP contribution is 2.23. The molecule has 0 radical (unpaired) electrons. The van der Waals surface area contributed by atoms with E-state index in [-0.39, 0.29) is 0 Å². The Morgan fingerprint density at radius 2 is 2.19 bits per heavy atom. The van der Waals surface area contributed by atoms with Crippen LogP contribution in [0.15, 0.2) is 24.5 Å². The van der Waals surface area contributed by atoms with Gasteiger partial charge in [-0.2, -0.15) is 5.10 Å². The third-order valence-corrected chi connectivity index (χ3v) is 3.87. The maximum Gasteiger partial charge on any atom is 0.146 e. The predicted molar refractivity (Wildman–Crippen MR) is 81.9 cm³/mol. The molecular weight excluding hydrogens is 264 g/mol. The Bertz CT molecular complexity index is 597. The minimum atomic E-state index is 0.473. The van der Waals surface area contributed by atoms with Gasteiger partial charge in [-0.25, -0.2) is 9.97 Å². The molecule has 0 aromatic carbocycles. The molecule has 3 heterocycles. The molecule has 2 aromatic heterocycles. The van der Waals surface area contributed by atoms with Gasteiger partial charge >= 0.3 is 0 Å². The van der Waals surface area contributed by atoms with E-state index >= 15 is 0 Å². The number of aromatic nitrogens is 4. The van der Waals surface area contributed by atoms with Gasteiger partial charge in [-0.3, -0.25) is 0 Å². The maximum atomic E-state index is 5.58. The molecule has 6 heteroatoms. The summed E-state index contributed by atoms with van der Waals surface area (Å²) in [5, 5.41) is 8.09. The first kappa shape index (κ1) is 13.7. The lowest BCUT2D eigenvalue weighted by Crippen LogP contribution is -2.37. The summed E-state index contributed by atoms with van der Waals surface area (Å²) >= 11 is 0. The summed E-state index contributed by atoms with van der Waals surface area (Å²) in [6, 6.07) is 5.83. The van der Waals surface area contributed by atoms with E-state index in [4.69, 9.17) is 5.73 Å². The molecule has 2 aromatic rings. The summed E-state index contributed by atoms with van der Waals surface area (Å²) in [5.74, 6) is 2.07. The van der Waals surface area contributed by atoms with Crippen molar-refractivity contribution in [3.05, 3.63) is 35.9 Å². The molecule has 21 heavy (non-hydrogen) atoms. The van der Waals surface area contributed by atoms with Crippen LogP contribution in [0.2, 0.25) is 0 Å². The molecule has 1 aliphatic rings. The molecule has 0 spiro atoms. The van der Waals surface area contributed by atoms with Gasteiger partial charge in [-0.05, 0) is 44.2 Å². The summed E-state index contributed by atoms with van der Waals surface area (Å²) in [6.45, 7) is 4.06. The molecule has 1 saturated heterocycles. The largest absolute Gasteiger partial charge is 0.382 e. The lowest BCUT2D eigenvalue weighted by Gasteiger charge is -2.33. The van der Waals surface area contributed by atoms with Crippen LogP contribution in [0.3, 0.4) is 0 Å². The Balaban J connectivity index is 1.67. The SMILES string of the molecule is Cc1cc(N2CCC[C@H](Cc3ccc(N)nn3)C2)ncn1. The van der Waals surface area contributed by atoms with E-state index in [1.54, 1.807) is 6.33 Å². The first-order valence-corrected chi connectivity index (χ1v) is 7.32. The zero-order chi connectivity index (χ0) is 14.7. The van der Waals surface area contributed by atoms with E-state index in [1.807, 2.05) is 25.1 Å². The van der Waals surface area contributed by atoms with Gasteiger partial charge in [0.15, 0.2) is 0 Å². The summed E-state index contributed by atoms with van der Waals surface area (Å²) in [7, 11) is 0. The van der Waals surface area contributed by atoms with Gasteiger partial charge in [-0.15, -0.1) is 5.10 Å². The van der Waals surface area contributed by atoms with Crippen molar-refractivity contribution in [3.63, 3.8) is 0 Å². The molecule has 0 saturated carbocycles. The number of rotatable bonds is 3. The molecule has 0 aliphatic carbocycles. The Labute approximate surface area is 124 Å². The van der Waals surface area contributed by atoms with E-state index in [0.717, 1.165) is 36.7 Å². The van der Waals surface area contributed by atoms with Crippen LogP contribution in [0.1, 0.15) is 24.2 Å². The Morgan fingerprint density at radius 3 is 2.95 bits per heavy atom. The maximum absolute atomic E-state index is 5.58. The lowest BCUT2D eigenvalue weighted by atomic mass is 9.93. The molecule has 3 rings (SSSR count). The topological polar surface area (TPSA) is 80.8 Å². The van der Waals surface area contributed by atoms with Gasteiger partial charge < -0.3 is 10.6 Å². The van der Waals surface area contributed by atoms with E-state index in [2.05, 4.69) is 25.1 Å². The molecule has 0 unspecified atom stereocenters. The number of piperidine rings is 1.